The molecule has 2 fully saturated rings. The van der Waals surface area contributed by atoms with Gasteiger partial charge >= 0.3 is 0 Å². The quantitative estimate of drug-likeness (QED) is 0.158. The Balaban J connectivity index is 1.29. The van der Waals surface area contributed by atoms with Crippen LogP contribution in [0.15, 0.2) is 72.7 Å². The van der Waals surface area contributed by atoms with E-state index in [4.69, 9.17) is 27.9 Å². The fraction of sp³-hybridized carbons (Fsp3) is 0.226. The predicted molar refractivity (Wildman–Crippen MR) is 162 cm³/mol. The third kappa shape index (κ3) is 5.37. The van der Waals surface area contributed by atoms with Crippen LogP contribution < -0.4 is 26.3 Å². The van der Waals surface area contributed by atoms with Crippen molar-refractivity contribution in [3.63, 3.8) is 0 Å². The summed E-state index contributed by atoms with van der Waals surface area (Å²) >= 11 is 13.3. The summed E-state index contributed by atoms with van der Waals surface area (Å²) in [6.45, 7) is 0. The van der Waals surface area contributed by atoms with Crippen molar-refractivity contribution < 1.29 is 9.13 Å². The molecule has 2 saturated carbocycles. The topological polar surface area (TPSA) is 97.3 Å². The van der Waals surface area contributed by atoms with E-state index in [9.17, 15) is 9.65 Å². The Hall–Kier alpha value is -4.23. The van der Waals surface area contributed by atoms with E-state index in [1.54, 1.807) is 24.3 Å². The number of nitrogens with zero attached hydrogens (tertiary/aromatic N) is 3. The van der Waals surface area contributed by atoms with Gasteiger partial charge in [0.25, 0.3) is 0 Å². The molecular weight excluding hydrogens is 576 g/mol. The number of para-hydroxylation sites is 1. The number of halogens is 3. The second-order valence-corrected chi connectivity index (χ2v) is 11.5. The maximum absolute atomic E-state index is 13.8. The highest BCUT2D eigenvalue weighted by Crippen LogP contribution is 2.42. The molecule has 4 N–H and O–H groups in total. The Morgan fingerprint density at radius 1 is 1.07 bits per heavy atom. The molecule has 212 valence electrons. The summed E-state index contributed by atoms with van der Waals surface area (Å²) in [5, 5.41) is 20.6. The third-order valence-corrected chi connectivity index (χ3v) is 8.04. The van der Waals surface area contributed by atoms with Crippen LogP contribution in [-0.4, -0.2) is 22.1 Å². The van der Waals surface area contributed by atoms with Gasteiger partial charge in [-0.15, -0.1) is 5.53 Å². The Labute approximate surface area is 252 Å². The fourth-order valence-corrected chi connectivity index (χ4v) is 5.47. The molecule has 42 heavy (non-hydrogen) atoms. The van der Waals surface area contributed by atoms with Gasteiger partial charge < -0.3 is 20.8 Å². The molecule has 8 nitrogen and oxygen atoms in total. The van der Waals surface area contributed by atoms with E-state index in [1.165, 1.54) is 18.3 Å². The van der Waals surface area contributed by atoms with E-state index < -0.39 is 0 Å². The van der Waals surface area contributed by atoms with Gasteiger partial charge in [-0.25, -0.2) is 4.39 Å². The van der Waals surface area contributed by atoms with Crippen LogP contribution in [0.3, 0.4) is 0 Å². The number of hydrogen-bond donors (Lipinski definition) is 4. The molecule has 2 aliphatic carbocycles. The number of ether oxygens (including phenoxy) is 1. The largest absolute Gasteiger partial charge is 0.487 e. The summed E-state index contributed by atoms with van der Waals surface area (Å²) < 4.78 is 19.9. The molecule has 0 radical (unpaired) electrons. The maximum atomic E-state index is 13.8. The van der Waals surface area contributed by atoms with Crippen molar-refractivity contribution in [1.29, 1.82) is 5.26 Å². The molecule has 3 aromatic carbocycles. The van der Waals surface area contributed by atoms with Crippen LogP contribution in [0, 0.1) is 17.1 Å². The van der Waals surface area contributed by atoms with Crippen LogP contribution in [0.2, 0.25) is 10.0 Å². The van der Waals surface area contributed by atoms with Crippen molar-refractivity contribution in [3.8, 4) is 11.8 Å². The summed E-state index contributed by atoms with van der Waals surface area (Å²) in [4.78, 5) is 4.49. The highest BCUT2D eigenvalue weighted by atomic mass is 35.5. The second kappa shape index (κ2) is 10.9. The molecule has 1 unspecified atom stereocenters. The number of hydrogen-bond acceptors (Lipinski definition) is 8. The number of aromatic nitrogens is 1. The van der Waals surface area contributed by atoms with Crippen molar-refractivity contribution in [2.75, 3.05) is 10.6 Å². The van der Waals surface area contributed by atoms with Gasteiger partial charge in [0, 0.05) is 29.5 Å². The standard InChI is InChI=1S/C31H26Cl2FN7O/c32-24-2-1-3-26(31(24)42-22-10-11-22)38-28-18(14-35)15-36-30-23(28)12-20(13-25(30)33)37-29(17-4-6-19(34)7-5-17)27-16-41(40-39-27)21-8-9-21/h1-7,12-13,15-16,21-22,29,37,39-40H,8-11H2,(H,36,38). The monoisotopic (exact) mass is 601 g/mol. The smallest absolute Gasteiger partial charge is 0.161 e. The Bertz CT molecular complexity index is 1750. The minimum absolute atomic E-state index is 0.132. The van der Waals surface area contributed by atoms with Crippen molar-refractivity contribution in [2.45, 2.75) is 43.9 Å². The summed E-state index contributed by atoms with van der Waals surface area (Å²) in [7, 11) is 0. The number of rotatable bonds is 9. The average Bonchev–Trinajstić information content (AvgIpc) is 3.94. The van der Waals surface area contributed by atoms with Gasteiger partial charge in [0.2, 0.25) is 0 Å². The first-order valence-corrected chi connectivity index (χ1v) is 14.5. The number of nitrogens with one attached hydrogen (secondary N) is 4. The molecule has 4 aromatic rings. The lowest BCUT2D eigenvalue weighted by molar-refractivity contribution is 0.260. The van der Waals surface area contributed by atoms with Crippen LogP contribution >= 0.6 is 23.2 Å². The Kier molecular flexibility index (Phi) is 6.90. The second-order valence-electron chi connectivity index (χ2n) is 10.7. The fourth-order valence-electron chi connectivity index (χ4n) is 4.98. The molecule has 7 rings (SSSR count). The molecule has 1 aliphatic heterocycles. The van der Waals surface area contributed by atoms with Crippen molar-refractivity contribution >= 4 is 51.2 Å². The van der Waals surface area contributed by atoms with E-state index in [-0.39, 0.29) is 18.0 Å². The summed E-state index contributed by atoms with van der Waals surface area (Å²) in [6, 6.07) is 17.9. The van der Waals surface area contributed by atoms with Crippen LogP contribution in [0.1, 0.15) is 42.9 Å². The van der Waals surface area contributed by atoms with Gasteiger partial charge in [-0.05, 0) is 67.6 Å². The minimum atomic E-state index is -0.356. The molecular formula is C31H26Cl2FN7O. The van der Waals surface area contributed by atoms with Gasteiger partial charge in [0.1, 0.15) is 11.9 Å². The zero-order valence-corrected chi connectivity index (χ0v) is 23.8. The number of fused-ring (bicyclic) bond motifs is 1. The third-order valence-electron chi connectivity index (χ3n) is 7.45. The molecule has 0 saturated heterocycles. The van der Waals surface area contributed by atoms with E-state index in [0.29, 0.717) is 55.4 Å². The SMILES string of the molecule is N#Cc1cnc2c(Cl)cc(NC(C3=CN(C4CC4)NN3)c3ccc(F)cc3)cc2c1Nc1cccc(Cl)c1OC1CC1. The van der Waals surface area contributed by atoms with Gasteiger partial charge in [-0.3, -0.25) is 9.99 Å². The maximum Gasteiger partial charge on any atom is 0.161 e. The molecule has 1 atom stereocenters. The van der Waals surface area contributed by atoms with Crippen molar-refractivity contribution in [3.05, 3.63) is 99.7 Å². The van der Waals surface area contributed by atoms with Crippen molar-refractivity contribution in [2.24, 2.45) is 0 Å². The van der Waals surface area contributed by atoms with Gasteiger partial charge in [0.15, 0.2) is 5.75 Å². The Morgan fingerprint density at radius 2 is 1.88 bits per heavy atom. The normalized spacial score (nSPS) is 16.9. The first-order valence-electron chi connectivity index (χ1n) is 13.7. The first-order chi connectivity index (χ1) is 20.5. The van der Waals surface area contributed by atoms with Crippen LogP contribution in [0.5, 0.6) is 5.75 Å². The first kappa shape index (κ1) is 26.7. The van der Waals surface area contributed by atoms with Crippen LogP contribution in [0.25, 0.3) is 10.9 Å². The van der Waals surface area contributed by atoms with Crippen molar-refractivity contribution in [1.82, 2.24) is 21.0 Å². The highest BCUT2D eigenvalue weighted by Gasteiger charge is 2.32. The number of benzene rings is 3. The summed E-state index contributed by atoms with van der Waals surface area (Å²) in [5.41, 5.74) is 10.9. The van der Waals surface area contributed by atoms with Crippen LogP contribution in [-0.2, 0) is 0 Å². The van der Waals surface area contributed by atoms with Crippen LogP contribution in [0.4, 0.5) is 21.5 Å². The molecule has 1 aromatic heterocycles. The molecule has 11 heteroatoms. The molecule has 0 spiro atoms. The Morgan fingerprint density at radius 3 is 2.62 bits per heavy atom. The number of pyridine rings is 1. The molecule has 0 amide bonds. The number of nitriles is 1. The lowest BCUT2D eigenvalue weighted by Crippen LogP contribution is -2.38. The summed E-state index contributed by atoms with van der Waals surface area (Å²) in [6.07, 6.45) is 7.87. The summed E-state index contributed by atoms with van der Waals surface area (Å²) in [5.74, 6) is 0.230. The molecule has 0 bridgehead atoms. The lowest BCUT2D eigenvalue weighted by Gasteiger charge is -2.22. The van der Waals surface area contributed by atoms with E-state index in [2.05, 4.69) is 37.7 Å². The van der Waals surface area contributed by atoms with E-state index >= 15 is 0 Å². The van der Waals surface area contributed by atoms with E-state index in [1.807, 2.05) is 24.4 Å². The highest BCUT2D eigenvalue weighted by molar-refractivity contribution is 6.36. The van der Waals surface area contributed by atoms with E-state index in [0.717, 1.165) is 36.9 Å². The minimum Gasteiger partial charge on any atom is -0.487 e. The van der Waals surface area contributed by atoms with Gasteiger partial charge in [0.05, 0.1) is 50.3 Å². The molecule has 2 heterocycles. The average molecular weight is 603 g/mol. The predicted octanol–water partition coefficient (Wildman–Crippen LogP) is 7.32. The van der Waals surface area contributed by atoms with Gasteiger partial charge in [-0.1, -0.05) is 41.4 Å². The number of anilines is 3. The van der Waals surface area contributed by atoms with Gasteiger partial charge in [-0.2, -0.15) is 5.26 Å². The zero-order valence-electron chi connectivity index (χ0n) is 22.3. The number of hydrazine groups is 2. The zero-order chi connectivity index (χ0) is 28.8. The lowest BCUT2D eigenvalue weighted by atomic mass is 10.0. The molecule has 3 aliphatic rings.